The molecule has 2 aromatic rings. The number of unbranched alkanes of at least 4 members (excludes halogenated alkanes) is 2. The summed E-state index contributed by atoms with van der Waals surface area (Å²) in [5.74, 6) is 0.0785. The molecular weight excluding hydrogens is 260 g/mol. The summed E-state index contributed by atoms with van der Waals surface area (Å²) in [4.78, 5) is 12.5. The van der Waals surface area contributed by atoms with Crippen molar-refractivity contribution in [3.05, 3.63) is 53.6 Å². The second kappa shape index (κ2) is 6.23. The molecule has 2 nitrogen and oxygen atoms in total. The van der Waals surface area contributed by atoms with Gasteiger partial charge in [0.1, 0.15) is 6.10 Å². The average Bonchev–Trinajstić information content (AvgIpc) is 2.52. The van der Waals surface area contributed by atoms with Crippen LogP contribution in [-0.4, -0.2) is 18.5 Å². The first-order valence-corrected chi connectivity index (χ1v) is 7.66. The van der Waals surface area contributed by atoms with Gasteiger partial charge < -0.3 is 4.74 Å². The third kappa shape index (κ3) is 2.91. The van der Waals surface area contributed by atoms with Crippen LogP contribution in [-0.2, 0) is 4.74 Å². The van der Waals surface area contributed by atoms with E-state index in [1.165, 1.54) is 0 Å². The standard InChI is InChI=1S/C19H20O2/c1-2-3-6-11-21-18-10-9-16-12-14-7-4-5-8-15(14)13-17(16)19(18)20/h4-5,7-10,12-13,18H,2-3,6,11H2,1H3. The van der Waals surface area contributed by atoms with E-state index in [0.717, 1.165) is 41.2 Å². The molecule has 0 N–H and O–H groups in total. The SMILES string of the molecule is CCCCCOC1C=Cc2cc3ccccc3cc2C1=O. The van der Waals surface area contributed by atoms with Crippen molar-refractivity contribution < 1.29 is 9.53 Å². The lowest BCUT2D eigenvalue weighted by Crippen LogP contribution is -2.26. The number of rotatable bonds is 5. The van der Waals surface area contributed by atoms with Gasteiger partial charge in [-0.05, 0) is 41.0 Å². The Morgan fingerprint density at radius 1 is 1.10 bits per heavy atom. The number of fused-ring (bicyclic) bond motifs is 2. The summed E-state index contributed by atoms with van der Waals surface area (Å²) in [7, 11) is 0. The van der Waals surface area contributed by atoms with Gasteiger partial charge >= 0.3 is 0 Å². The third-order valence-electron chi connectivity index (χ3n) is 3.94. The molecule has 2 heteroatoms. The molecule has 1 aliphatic carbocycles. The maximum absolute atomic E-state index is 12.5. The van der Waals surface area contributed by atoms with Gasteiger partial charge in [0.15, 0.2) is 5.78 Å². The maximum Gasteiger partial charge on any atom is 0.196 e. The number of carbonyl (C=O) groups excluding carboxylic acids is 1. The van der Waals surface area contributed by atoms with E-state index in [0.29, 0.717) is 6.61 Å². The number of hydrogen-bond acceptors (Lipinski definition) is 2. The van der Waals surface area contributed by atoms with Gasteiger partial charge in [-0.25, -0.2) is 0 Å². The van der Waals surface area contributed by atoms with E-state index in [1.54, 1.807) is 0 Å². The van der Waals surface area contributed by atoms with Gasteiger partial charge in [0.25, 0.3) is 0 Å². The summed E-state index contributed by atoms with van der Waals surface area (Å²) in [6, 6.07) is 12.2. The molecule has 0 radical (unpaired) electrons. The first-order chi connectivity index (χ1) is 10.3. The molecule has 2 aromatic carbocycles. The molecule has 108 valence electrons. The van der Waals surface area contributed by atoms with Crippen molar-refractivity contribution in [1.29, 1.82) is 0 Å². The van der Waals surface area contributed by atoms with Crippen molar-refractivity contribution in [2.24, 2.45) is 0 Å². The highest BCUT2D eigenvalue weighted by Crippen LogP contribution is 2.26. The molecular formula is C19H20O2. The van der Waals surface area contributed by atoms with Crippen LogP contribution in [0.1, 0.15) is 42.1 Å². The highest BCUT2D eigenvalue weighted by Gasteiger charge is 2.24. The molecule has 1 aliphatic rings. The molecule has 0 aliphatic heterocycles. The molecule has 21 heavy (non-hydrogen) atoms. The third-order valence-corrected chi connectivity index (χ3v) is 3.94. The lowest BCUT2D eigenvalue weighted by Gasteiger charge is -2.19. The van der Waals surface area contributed by atoms with E-state index < -0.39 is 6.10 Å². The minimum absolute atomic E-state index is 0.0785. The monoisotopic (exact) mass is 280 g/mol. The van der Waals surface area contributed by atoms with Crippen molar-refractivity contribution >= 4 is 22.6 Å². The molecule has 0 amide bonds. The molecule has 1 unspecified atom stereocenters. The lowest BCUT2D eigenvalue weighted by atomic mass is 9.91. The number of benzene rings is 2. The zero-order valence-electron chi connectivity index (χ0n) is 12.3. The number of ether oxygens (including phenoxy) is 1. The summed E-state index contributed by atoms with van der Waals surface area (Å²) in [5.41, 5.74) is 1.77. The minimum atomic E-state index is -0.421. The molecule has 0 aromatic heterocycles. The first-order valence-electron chi connectivity index (χ1n) is 7.66. The predicted molar refractivity (Wildman–Crippen MR) is 86.6 cm³/mol. The summed E-state index contributed by atoms with van der Waals surface area (Å²) < 4.78 is 5.73. The largest absolute Gasteiger partial charge is 0.366 e. The van der Waals surface area contributed by atoms with E-state index in [2.05, 4.69) is 19.1 Å². The Morgan fingerprint density at radius 3 is 2.62 bits per heavy atom. The van der Waals surface area contributed by atoms with Crippen molar-refractivity contribution in [2.45, 2.75) is 32.3 Å². The number of hydrogen-bond donors (Lipinski definition) is 0. The quantitative estimate of drug-likeness (QED) is 0.747. The number of Topliss-reactive ketones (excluding diaryl/α,β-unsaturated/α-hetero) is 1. The Bertz CT molecular complexity index is 685. The van der Waals surface area contributed by atoms with E-state index in [1.807, 2.05) is 36.4 Å². The molecule has 0 spiro atoms. The van der Waals surface area contributed by atoms with Crippen LogP contribution in [0.25, 0.3) is 16.8 Å². The summed E-state index contributed by atoms with van der Waals surface area (Å²) in [6.45, 7) is 2.81. The van der Waals surface area contributed by atoms with E-state index in [-0.39, 0.29) is 5.78 Å². The highest BCUT2D eigenvalue weighted by atomic mass is 16.5. The first kappa shape index (κ1) is 14.0. The fourth-order valence-corrected chi connectivity index (χ4v) is 2.73. The Balaban J connectivity index is 1.82. The van der Waals surface area contributed by atoms with Crippen molar-refractivity contribution in [1.82, 2.24) is 0 Å². The number of carbonyl (C=O) groups is 1. The van der Waals surface area contributed by atoms with E-state index in [4.69, 9.17) is 4.74 Å². The van der Waals surface area contributed by atoms with Crippen LogP contribution < -0.4 is 0 Å². The van der Waals surface area contributed by atoms with Crippen LogP contribution >= 0.6 is 0 Å². The number of ketones is 1. The van der Waals surface area contributed by atoms with Crippen LogP contribution in [0.15, 0.2) is 42.5 Å². The van der Waals surface area contributed by atoms with Gasteiger partial charge in [-0.15, -0.1) is 0 Å². The van der Waals surface area contributed by atoms with Gasteiger partial charge in [-0.2, -0.15) is 0 Å². The van der Waals surface area contributed by atoms with Gasteiger partial charge in [-0.1, -0.05) is 50.1 Å². The molecule has 0 saturated carbocycles. The fraction of sp³-hybridized carbons (Fsp3) is 0.316. The van der Waals surface area contributed by atoms with Crippen LogP contribution in [0.3, 0.4) is 0 Å². The Morgan fingerprint density at radius 2 is 1.86 bits per heavy atom. The Labute approximate surface area is 125 Å². The zero-order chi connectivity index (χ0) is 14.7. The summed E-state index contributed by atoms with van der Waals surface area (Å²) in [6.07, 6.45) is 6.78. The normalized spacial score (nSPS) is 17.2. The minimum Gasteiger partial charge on any atom is -0.366 e. The van der Waals surface area contributed by atoms with Crippen LogP contribution in [0, 0.1) is 0 Å². The van der Waals surface area contributed by atoms with Crippen LogP contribution in [0.2, 0.25) is 0 Å². The van der Waals surface area contributed by atoms with Gasteiger partial charge in [0.05, 0.1) is 0 Å². The fourth-order valence-electron chi connectivity index (χ4n) is 2.73. The second-order valence-electron chi connectivity index (χ2n) is 5.51. The lowest BCUT2D eigenvalue weighted by molar-refractivity contribution is 0.0555. The Kier molecular flexibility index (Phi) is 4.16. The summed E-state index contributed by atoms with van der Waals surface area (Å²) >= 11 is 0. The zero-order valence-corrected chi connectivity index (χ0v) is 12.3. The molecule has 0 bridgehead atoms. The molecule has 3 rings (SSSR count). The van der Waals surface area contributed by atoms with E-state index in [9.17, 15) is 4.79 Å². The van der Waals surface area contributed by atoms with Crippen LogP contribution in [0.5, 0.6) is 0 Å². The van der Waals surface area contributed by atoms with Crippen LogP contribution in [0.4, 0.5) is 0 Å². The maximum atomic E-state index is 12.5. The molecule has 0 saturated heterocycles. The van der Waals surface area contributed by atoms with Crippen molar-refractivity contribution in [3.8, 4) is 0 Å². The van der Waals surface area contributed by atoms with E-state index >= 15 is 0 Å². The predicted octanol–water partition coefficient (Wildman–Crippen LogP) is 4.62. The van der Waals surface area contributed by atoms with Gasteiger partial charge in [-0.3, -0.25) is 4.79 Å². The second-order valence-corrected chi connectivity index (χ2v) is 5.51. The molecule has 1 atom stereocenters. The Hall–Kier alpha value is -1.93. The topological polar surface area (TPSA) is 26.3 Å². The van der Waals surface area contributed by atoms with Gasteiger partial charge in [0.2, 0.25) is 0 Å². The smallest absolute Gasteiger partial charge is 0.196 e. The van der Waals surface area contributed by atoms with Crippen molar-refractivity contribution in [2.75, 3.05) is 6.61 Å². The molecule has 0 fully saturated rings. The van der Waals surface area contributed by atoms with Crippen molar-refractivity contribution in [3.63, 3.8) is 0 Å². The molecule has 0 heterocycles. The summed E-state index contributed by atoms with van der Waals surface area (Å²) in [5, 5.41) is 2.26. The highest BCUT2D eigenvalue weighted by molar-refractivity contribution is 6.09. The van der Waals surface area contributed by atoms with Gasteiger partial charge in [0, 0.05) is 12.2 Å². The average molecular weight is 280 g/mol.